The Bertz CT molecular complexity index is 469. The van der Waals surface area contributed by atoms with Crippen LogP contribution in [0, 0.1) is 0 Å². The molecule has 4 heteroatoms. The third kappa shape index (κ3) is 26.6. The molecule has 3 nitrogen and oxygen atoms in total. The van der Waals surface area contributed by atoms with Crippen LogP contribution in [0.3, 0.4) is 0 Å². The maximum Gasteiger partial charge on any atom is 0.147 e. The van der Waals surface area contributed by atoms with Crippen molar-refractivity contribution in [3.63, 3.8) is 0 Å². The van der Waals surface area contributed by atoms with Gasteiger partial charge in [-0.15, -0.1) is 12.6 Å². The predicted octanol–water partition coefficient (Wildman–Crippen LogP) is 8.63. The molecule has 0 aromatic rings. The lowest BCUT2D eigenvalue weighted by molar-refractivity contribution is -0.106. The Morgan fingerprint density at radius 1 is 0.893 bits per heavy atom. The first kappa shape index (κ1) is 33.9. The van der Waals surface area contributed by atoms with Gasteiger partial charge in [-0.3, -0.25) is 0 Å². The van der Waals surface area contributed by atoms with E-state index in [1.807, 2.05) is 118 Å². The Labute approximate surface area is 181 Å². The standard InChI is InChI=1S/C12H17NO2.C6H10S.3C2H6/c1-3-8-11(4-2)14-13-15-12-9-6-5-7-10-12;1-3-5-6(7)4-2;3*1-2/h3-4,6,8-10,13H,5,7H2,1-2H3;3-5,7H,1-2H3;3*1-2H3/b8-3-,11-4+;5-3-,6-4+;;;. The van der Waals surface area contributed by atoms with E-state index in [1.54, 1.807) is 0 Å². The number of thiol groups is 1. The lowest BCUT2D eigenvalue weighted by atomic mass is 10.2. The summed E-state index contributed by atoms with van der Waals surface area (Å²) in [6, 6.07) is 0. The largest absolute Gasteiger partial charge is 0.374 e. The van der Waals surface area contributed by atoms with Crippen molar-refractivity contribution < 1.29 is 9.68 Å². The average Bonchev–Trinajstić information content (AvgIpc) is 2.78. The fraction of sp³-hybridized carbons (Fsp3) is 0.500. The van der Waals surface area contributed by atoms with Crippen molar-refractivity contribution in [3.05, 3.63) is 71.1 Å². The van der Waals surface area contributed by atoms with E-state index in [9.17, 15) is 0 Å². The van der Waals surface area contributed by atoms with E-state index < -0.39 is 0 Å². The van der Waals surface area contributed by atoms with Crippen molar-refractivity contribution in [2.24, 2.45) is 0 Å². The Morgan fingerprint density at radius 2 is 1.46 bits per heavy atom. The van der Waals surface area contributed by atoms with Crippen LogP contribution < -0.4 is 5.64 Å². The van der Waals surface area contributed by atoms with E-state index in [1.165, 1.54) is 0 Å². The summed E-state index contributed by atoms with van der Waals surface area (Å²) < 4.78 is 0. The molecule has 0 heterocycles. The first-order valence-electron chi connectivity index (χ1n) is 10.4. The SMILES string of the molecule is C/C=C\C(=C/C)ONOC1=CCCC=C1.C/C=C\C(S)=C/C.CC.CC.CC. The Kier molecular flexibility index (Phi) is 39.9. The maximum atomic E-state index is 5.19. The van der Waals surface area contributed by atoms with E-state index >= 15 is 0 Å². The highest BCUT2D eigenvalue weighted by molar-refractivity contribution is 7.84. The number of hydrogen-bond acceptors (Lipinski definition) is 4. The van der Waals surface area contributed by atoms with Crippen LogP contribution in [0.15, 0.2) is 71.1 Å². The van der Waals surface area contributed by atoms with Gasteiger partial charge in [0.25, 0.3) is 0 Å². The maximum absolute atomic E-state index is 5.19. The Hall–Kier alpha value is -1.65. The monoisotopic (exact) mass is 411 g/mol. The topological polar surface area (TPSA) is 30.5 Å². The van der Waals surface area contributed by atoms with Crippen molar-refractivity contribution in [2.75, 3.05) is 0 Å². The lowest BCUT2D eigenvalue weighted by Crippen LogP contribution is -2.14. The van der Waals surface area contributed by atoms with Crippen LogP contribution in [0.25, 0.3) is 0 Å². The highest BCUT2D eigenvalue weighted by atomic mass is 32.1. The summed E-state index contributed by atoms with van der Waals surface area (Å²) in [5.74, 6) is 1.51. The molecule has 0 radical (unpaired) electrons. The molecule has 0 atom stereocenters. The molecule has 1 aliphatic carbocycles. The predicted molar refractivity (Wildman–Crippen MR) is 132 cm³/mol. The molecule has 28 heavy (non-hydrogen) atoms. The van der Waals surface area contributed by atoms with Gasteiger partial charge in [-0.25, -0.2) is 0 Å². The summed E-state index contributed by atoms with van der Waals surface area (Å²) >= 11 is 4.08. The van der Waals surface area contributed by atoms with Crippen LogP contribution in [-0.4, -0.2) is 0 Å². The molecule has 0 unspecified atom stereocenters. The van der Waals surface area contributed by atoms with Crippen molar-refractivity contribution in [3.8, 4) is 0 Å². The lowest BCUT2D eigenvalue weighted by Gasteiger charge is -2.10. The second kappa shape index (κ2) is 33.0. The van der Waals surface area contributed by atoms with E-state index in [0.717, 1.165) is 29.3 Å². The van der Waals surface area contributed by atoms with Gasteiger partial charge in [-0.05, 0) is 69.7 Å². The molecule has 0 spiro atoms. The molecule has 1 N–H and O–H groups in total. The minimum Gasteiger partial charge on any atom is -0.374 e. The Morgan fingerprint density at radius 3 is 1.82 bits per heavy atom. The highest BCUT2D eigenvalue weighted by Crippen LogP contribution is 2.09. The van der Waals surface area contributed by atoms with E-state index in [0.29, 0.717) is 0 Å². The van der Waals surface area contributed by atoms with Gasteiger partial charge in [0.1, 0.15) is 11.5 Å². The first-order valence-corrected chi connectivity index (χ1v) is 10.8. The van der Waals surface area contributed by atoms with Gasteiger partial charge in [0, 0.05) is 5.64 Å². The van der Waals surface area contributed by atoms with Crippen LogP contribution >= 0.6 is 12.6 Å². The molecule has 0 bridgehead atoms. The molecule has 0 saturated carbocycles. The van der Waals surface area contributed by atoms with Crippen molar-refractivity contribution in [2.45, 2.75) is 82.1 Å². The smallest absolute Gasteiger partial charge is 0.147 e. The Balaban J connectivity index is -0.000000187. The van der Waals surface area contributed by atoms with Crippen LogP contribution in [0.2, 0.25) is 0 Å². The van der Waals surface area contributed by atoms with Gasteiger partial charge in [0.2, 0.25) is 0 Å². The normalized spacial score (nSPS) is 12.9. The average molecular weight is 412 g/mol. The molecule has 0 amide bonds. The van der Waals surface area contributed by atoms with E-state index in [4.69, 9.17) is 9.68 Å². The van der Waals surface area contributed by atoms with Gasteiger partial charge in [-0.1, -0.05) is 71.9 Å². The summed E-state index contributed by atoms with van der Waals surface area (Å²) in [5.41, 5.74) is 2.45. The second-order valence-corrected chi connectivity index (χ2v) is 4.79. The third-order valence-corrected chi connectivity index (χ3v) is 2.94. The molecule has 1 rings (SSSR count). The zero-order chi connectivity index (χ0) is 22.6. The number of rotatable bonds is 6. The van der Waals surface area contributed by atoms with E-state index in [2.05, 4.69) is 24.3 Å². The van der Waals surface area contributed by atoms with Gasteiger partial charge in [0.05, 0.1) is 0 Å². The summed E-state index contributed by atoms with van der Waals surface area (Å²) in [6.45, 7) is 19.8. The van der Waals surface area contributed by atoms with Gasteiger partial charge in [0.15, 0.2) is 0 Å². The molecule has 164 valence electrons. The number of nitrogens with one attached hydrogen (secondary N) is 1. The second-order valence-electron chi connectivity index (χ2n) is 4.28. The molecular weight excluding hydrogens is 366 g/mol. The fourth-order valence-corrected chi connectivity index (χ4v) is 1.55. The molecule has 0 aromatic heterocycles. The molecule has 0 saturated heterocycles. The molecular formula is C24H45NO2S. The van der Waals surface area contributed by atoms with Crippen molar-refractivity contribution >= 4 is 12.6 Å². The molecule has 0 aliphatic heterocycles. The third-order valence-electron chi connectivity index (χ3n) is 2.53. The van der Waals surface area contributed by atoms with Gasteiger partial charge < -0.3 is 9.68 Å². The molecule has 0 aromatic carbocycles. The van der Waals surface area contributed by atoms with E-state index in [-0.39, 0.29) is 0 Å². The zero-order valence-corrected chi connectivity index (χ0v) is 20.8. The summed E-state index contributed by atoms with van der Waals surface area (Å²) in [5, 5.41) is 0. The van der Waals surface area contributed by atoms with Crippen molar-refractivity contribution in [1.82, 2.24) is 5.64 Å². The first-order chi connectivity index (χ1) is 13.7. The van der Waals surface area contributed by atoms with Gasteiger partial charge >= 0.3 is 0 Å². The fourth-order valence-electron chi connectivity index (χ4n) is 1.40. The van der Waals surface area contributed by atoms with Crippen LogP contribution in [0.4, 0.5) is 0 Å². The summed E-state index contributed by atoms with van der Waals surface area (Å²) in [4.78, 5) is 11.4. The molecule has 1 aliphatic rings. The highest BCUT2D eigenvalue weighted by Gasteiger charge is 1.98. The van der Waals surface area contributed by atoms with Crippen molar-refractivity contribution in [1.29, 1.82) is 0 Å². The zero-order valence-electron chi connectivity index (χ0n) is 19.9. The minimum atomic E-state index is 0.720. The summed E-state index contributed by atoms with van der Waals surface area (Å²) in [7, 11) is 0. The van der Waals surface area contributed by atoms with Gasteiger partial charge in [-0.2, -0.15) is 0 Å². The molecule has 0 fully saturated rings. The van der Waals surface area contributed by atoms with Crippen LogP contribution in [0.1, 0.15) is 82.1 Å². The summed E-state index contributed by atoms with van der Waals surface area (Å²) in [6.07, 6.45) is 19.5. The minimum absolute atomic E-state index is 0.720. The number of allylic oxidation sites excluding steroid dienone is 9. The van der Waals surface area contributed by atoms with Crippen LogP contribution in [-0.2, 0) is 9.68 Å². The number of hydrogen-bond donors (Lipinski definition) is 2. The quantitative estimate of drug-likeness (QED) is 0.198. The van der Waals surface area contributed by atoms with Crippen LogP contribution in [0.5, 0.6) is 0 Å².